The lowest BCUT2D eigenvalue weighted by atomic mass is 10.1. The smallest absolute Gasteiger partial charge is 0.181 e. The summed E-state index contributed by atoms with van der Waals surface area (Å²) in [5.41, 5.74) is 0.778. The van der Waals surface area contributed by atoms with Gasteiger partial charge in [0.25, 0.3) is 0 Å². The molecule has 3 nitrogen and oxygen atoms in total. The lowest BCUT2D eigenvalue weighted by molar-refractivity contribution is -0.119. The van der Waals surface area contributed by atoms with E-state index in [1.54, 1.807) is 6.92 Å². The number of thiophene rings is 1. The molecule has 1 fully saturated rings. The van der Waals surface area contributed by atoms with Gasteiger partial charge in [0.15, 0.2) is 10.8 Å². The van der Waals surface area contributed by atoms with Crippen molar-refractivity contribution in [3.8, 4) is 5.06 Å². The molecule has 0 spiro atoms. The molecule has 0 saturated heterocycles. The van der Waals surface area contributed by atoms with Gasteiger partial charge in [0.05, 0.1) is 11.3 Å². The Balaban J connectivity index is 2.10. The number of halogens is 2. The second-order valence-electron chi connectivity index (χ2n) is 4.54. The zero-order valence-electron chi connectivity index (χ0n) is 10.5. The van der Waals surface area contributed by atoms with Crippen molar-refractivity contribution in [3.05, 3.63) is 14.9 Å². The number of carbonyl (C=O) groups is 2. The Bertz CT molecular complexity index is 508. The van der Waals surface area contributed by atoms with Crippen molar-refractivity contribution in [3.63, 3.8) is 0 Å². The minimum absolute atomic E-state index is 0.0224. The van der Waals surface area contributed by atoms with Gasteiger partial charge in [-0.25, -0.2) is 4.39 Å². The van der Waals surface area contributed by atoms with E-state index < -0.39 is 6.67 Å². The molecule has 1 aromatic heterocycles. The fourth-order valence-corrected chi connectivity index (χ4v) is 3.50. The summed E-state index contributed by atoms with van der Waals surface area (Å²) < 4.78 is 18.0. The molecule has 1 saturated carbocycles. The van der Waals surface area contributed by atoms with Crippen LogP contribution in [0.25, 0.3) is 0 Å². The van der Waals surface area contributed by atoms with Crippen molar-refractivity contribution in [2.45, 2.75) is 26.2 Å². The van der Waals surface area contributed by atoms with Crippen LogP contribution in [0.1, 0.15) is 34.5 Å². The van der Waals surface area contributed by atoms with Crippen LogP contribution in [-0.2, 0) is 4.79 Å². The molecule has 0 aromatic carbocycles. The number of rotatable bonds is 7. The SMILES string of the molecule is Cc1c(OCCF)sc(C(=O)CC(=O)C2CC2)c1Br. The van der Waals surface area contributed by atoms with Gasteiger partial charge in [-0.2, -0.15) is 0 Å². The summed E-state index contributed by atoms with van der Waals surface area (Å²) in [5.74, 6) is -0.0767. The maximum Gasteiger partial charge on any atom is 0.181 e. The molecule has 104 valence electrons. The highest BCUT2D eigenvalue weighted by molar-refractivity contribution is 9.10. The van der Waals surface area contributed by atoms with E-state index >= 15 is 0 Å². The lowest BCUT2D eigenvalue weighted by Crippen LogP contribution is -2.08. The van der Waals surface area contributed by atoms with Crippen molar-refractivity contribution >= 4 is 38.8 Å². The van der Waals surface area contributed by atoms with Crippen LogP contribution in [-0.4, -0.2) is 24.8 Å². The molecule has 6 heteroatoms. The number of hydrogen-bond donors (Lipinski definition) is 0. The maximum absolute atomic E-state index is 12.1. The topological polar surface area (TPSA) is 43.4 Å². The van der Waals surface area contributed by atoms with Crippen molar-refractivity contribution in [2.75, 3.05) is 13.3 Å². The molecule has 0 atom stereocenters. The number of hydrogen-bond acceptors (Lipinski definition) is 4. The first-order valence-electron chi connectivity index (χ1n) is 6.08. The Morgan fingerprint density at radius 2 is 2.16 bits per heavy atom. The zero-order chi connectivity index (χ0) is 14.0. The Morgan fingerprint density at radius 1 is 1.47 bits per heavy atom. The quantitative estimate of drug-likeness (QED) is 0.557. The molecule has 0 unspecified atom stereocenters. The first kappa shape index (κ1) is 14.7. The minimum Gasteiger partial charge on any atom is -0.481 e. The summed E-state index contributed by atoms with van der Waals surface area (Å²) in [6.07, 6.45) is 1.76. The van der Waals surface area contributed by atoms with Gasteiger partial charge in [0.1, 0.15) is 19.1 Å². The summed E-state index contributed by atoms with van der Waals surface area (Å²) >= 11 is 4.51. The van der Waals surface area contributed by atoms with Gasteiger partial charge in [-0.15, -0.1) is 0 Å². The second kappa shape index (κ2) is 6.13. The van der Waals surface area contributed by atoms with Gasteiger partial charge in [0, 0.05) is 16.0 Å². The van der Waals surface area contributed by atoms with Crippen LogP contribution in [0, 0.1) is 12.8 Å². The highest BCUT2D eigenvalue weighted by atomic mass is 79.9. The van der Waals surface area contributed by atoms with E-state index in [1.165, 1.54) is 11.3 Å². The summed E-state index contributed by atoms with van der Waals surface area (Å²) in [4.78, 5) is 24.2. The predicted octanol–water partition coefficient (Wildman–Crippen LogP) is 3.72. The summed E-state index contributed by atoms with van der Waals surface area (Å²) in [7, 11) is 0. The Labute approximate surface area is 123 Å². The average molecular weight is 349 g/mol. The molecular formula is C13H14BrFO3S. The molecule has 19 heavy (non-hydrogen) atoms. The second-order valence-corrected chi connectivity index (χ2v) is 6.31. The molecule has 0 aliphatic heterocycles. The van der Waals surface area contributed by atoms with Crippen molar-refractivity contribution in [1.82, 2.24) is 0 Å². The molecule has 1 aromatic rings. The van der Waals surface area contributed by atoms with Crippen LogP contribution in [0.2, 0.25) is 0 Å². The van der Waals surface area contributed by atoms with Crippen LogP contribution in [0.5, 0.6) is 5.06 Å². The van der Waals surface area contributed by atoms with E-state index in [0.29, 0.717) is 14.4 Å². The fraction of sp³-hybridized carbons (Fsp3) is 0.538. The normalized spacial score (nSPS) is 14.5. The highest BCUT2D eigenvalue weighted by Crippen LogP contribution is 2.40. The van der Waals surface area contributed by atoms with Crippen molar-refractivity contribution in [1.29, 1.82) is 0 Å². The molecule has 1 aliphatic carbocycles. The third-order valence-electron chi connectivity index (χ3n) is 2.96. The van der Waals surface area contributed by atoms with E-state index in [2.05, 4.69) is 15.9 Å². The Hall–Kier alpha value is -0.750. The van der Waals surface area contributed by atoms with Crippen molar-refractivity contribution in [2.24, 2.45) is 5.92 Å². The molecule has 0 amide bonds. The molecule has 0 bridgehead atoms. The molecule has 2 rings (SSSR count). The van der Waals surface area contributed by atoms with Crippen molar-refractivity contribution < 1.29 is 18.7 Å². The number of alkyl halides is 1. The summed E-state index contributed by atoms with van der Waals surface area (Å²) in [5, 5.41) is 0.534. The number of Topliss-reactive ketones (excluding diaryl/α,β-unsaturated/α-hetero) is 2. The van der Waals surface area contributed by atoms with E-state index in [-0.39, 0.29) is 30.5 Å². The Kier molecular flexibility index (Phi) is 4.73. The van der Waals surface area contributed by atoms with Crippen LogP contribution in [0.15, 0.2) is 4.47 Å². The standard InChI is InChI=1S/C13H14BrFO3S/c1-7-11(14)12(19-13(7)18-5-4-15)10(17)6-9(16)8-2-3-8/h8H,2-6H2,1H3. The van der Waals surface area contributed by atoms with Gasteiger partial charge < -0.3 is 4.74 Å². The fourth-order valence-electron chi connectivity index (χ4n) is 1.71. The molecule has 1 aliphatic rings. The van der Waals surface area contributed by atoms with Crippen LogP contribution in [0.4, 0.5) is 4.39 Å². The Morgan fingerprint density at radius 3 is 2.74 bits per heavy atom. The van der Waals surface area contributed by atoms with Gasteiger partial charge in [-0.05, 0) is 35.7 Å². The number of carbonyl (C=O) groups excluding carboxylic acids is 2. The maximum atomic E-state index is 12.1. The highest BCUT2D eigenvalue weighted by Gasteiger charge is 2.32. The molecule has 1 heterocycles. The van der Waals surface area contributed by atoms with E-state index in [1.807, 2.05) is 0 Å². The van der Waals surface area contributed by atoms with Crippen LogP contribution < -0.4 is 4.74 Å². The largest absolute Gasteiger partial charge is 0.481 e. The molecule has 0 radical (unpaired) electrons. The van der Waals surface area contributed by atoms with Gasteiger partial charge in [-0.1, -0.05) is 11.3 Å². The summed E-state index contributed by atoms with van der Waals surface area (Å²) in [6, 6.07) is 0. The predicted molar refractivity (Wildman–Crippen MR) is 74.9 cm³/mol. The van der Waals surface area contributed by atoms with E-state index in [0.717, 1.165) is 18.4 Å². The summed E-state index contributed by atoms with van der Waals surface area (Å²) in [6.45, 7) is 1.20. The third kappa shape index (κ3) is 3.42. The van der Waals surface area contributed by atoms with Crippen LogP contribution in [0.3, 0.4) is 0 Å². The first-order chi connectivity index (χ1) is 9.04. The van der Waals surface area contributed by atoms with E-state index in [4.69, 9.17) is 4.74 Å². The van der Waals surface area contributed by atoms with Gasteiger partial charge in [0.2, 0.25) is 0 Å². The average Bonchev–Trinajstić information content (AvgIpc) is 3.18. The minimum atomic E-state index is -0.571. The van der Waals surface area contributed by atoms with Gasteiger partial charge in [-0.3, -0.25) is 9.59 Å². The third-order valence-corrected chi connectivity index (χ3v) is 5.46. The van der Waals surface area contributed by atoms with E-state index in [9.17, 15) is 14.0 Å². The first-order valence-corrected chi connectivity index (χ1v) is 7.69. The van der Waals surface area contributed by atoms with Crippen LogP contribution >= 0.6 is 27.3 Å². The lowest BCUT2D eigenvalue weighted by Gasteiger charge is -2.00. The number of ketones is 2. The molecular weight excluding hydrogens is 335 g/mol. The molecule has 0 N–H and O–H groups in total. The zero-order valence-corrected chi connectivity index (χ0v) is 12.9. The van der Waals surface area contributed by atoms with Gasteiger partial charge >= 0.3 is 0 Å². The monoisotopic (exact) mass is 348 g/mol. The number of ether oxygens (including phenoxy) is 1.